The number of esters is 2. The van der Waals surface area contributed by atoms with Crippen LogP contribution >= 0.6 is 0 Å². The lowest BCUT2D eigenvalue weighted by Crippen LogP contribution is -2.44. The number of Topliss-reactive ketones (excluding diaryl/α,β-unsaturated/α-hetero) is 1. The van der Waals surface area contributed by atoms with Gasteiger partial charge in [-0.2, -0.15) is 0 Å². The number of hydrogen-bond acceptors (Lipinski definition) is 7. The van der Waals surface area contributed by atoms with Crippen molar-refractivity contribution in [2.24, 2.45) is 5.41 Å². The molecule has 1 fully saturated rings. The molecule has 0 aromatic heterocycles. The Morgan fingerprint density at radius 2 is 1.56 bits per heavy atom. The van der Waals surface area contributed by atoms with Crippen molar-refractivity contribution in [2.45, 2.75) is 65.0 Å². The van der Waals surface area contributed by atoms with Crippen molar-refractivity contribution in [1.29, 1.82) is 0 Å². The van der Waals surface area contributed by atoms with Crippen LogP contribution in [0, 0.1) is 5.41 Å². The van der Waals surface area contributed by atoms with Gasteiger partial charge in [0.2, 0.25) is 12.7 Å². The van der Waals surface area contributed by atoms with Gasteiger partial charge in [0.05, 0.1) is 11.5 Å². The zero-order chi connectivity index (χ0) is 28.4. The zero-order valence-electron chi connectivity index (χ0n) is 22.7. The first-order valence-electron chi connectivity index (χ1n) is 13.1. The first kappa shape index (κ1) is 29.5. The highest BCUT2D eigenvalue weighted by atomic mass is 16.7. The van der Waals surface area contributed by atoms with Gasteiger partial charge in [-0.3, -0.25) is 19.2 Å². The number of ether oxygens (including phenoxy) is 2. The number of nitrogens with one attached hydrogen (secondary N) is 1. The average Bonchev–Trinajstić information content (AvgIpc) is 3.42. The maximum Gasteiger partial charge on any atom is 0.331 e. The molecule has 0 radical (unpaired) electrons. The fraction of sp³-hybridized carbons (Fsp3) is 0.433. The maximum absolute atomic E-state index is 13.2. The first-order valence-corrected chi connectivity index (χ1v) is 13.1. The molecule has 2 atom stereocenters. The van der Waals surface area contributed by atoms with Gasteiger partial charge in [-0.25, -0.2) is 4.79 Å². The average molecular weight is 537 g/mol. The summed E-state index contributed by atoms with van der Waals surface area (Å²) < 4.78 is 10.1. The Hall–Kier alpha value is -4.01. The van der Waals surface area contributed by atoms with Crippen molar-refractivity contribution < 1.29 is 33.4 Å². The van der Waals surface area contributed by atoms with E-state index in [0.717, 1.165) is 5.56 Å². The molecule has 0 saturated carbocycles. The SMILES string of the molecule is CC(C)(C)C(=O)OCOC(=O)[C@@H]1CCCN1C(=O)CCC(=O)[C@@H](Cc1ccccc1)NC(=O)c1ccccc1. The van der Waals surface area contributed by atoms with E-state index in [-0.39, 0.29) is 30.4 Å². The fourth-order valence-electron chi connectivity index (χ4n) is 4.24. The minimum Gasteiger partial charge on any atom is -0.427 e. The molecule has 9 heteroatoms. The van der Waals surface area contributed by atoms with Crippen molar-refractivity contribution in [1.82, 2.24) is 10.2 Å². The number of benzene rings is 2. The van der Waals surface area contributed by atoms with Crippen LogP contribution in [0.3, 0.4) is 0 Å². The zero-order valence-corrected chi connectivity index (χ0v) is 22.7. The van der Waals surface area contributed by atoms with Gasteiger partial charge in [-0.15, -0.1) is 0 Å². The van der Waals surface area contributed by atoms with Gasteiger partial charge in [0, 0.05) is 24.9 Å². The number of rotatable bonds is 11. The molecule has 1 heterocycles. The Morgan fingerprint density at radius 3 is 2.21 bits per heavy atom. The van der Waals surface area contributed by atoms with E-state index in [1.165, 1.54) is 4.90 Å². The van der Waals surface area contributed by atoms with Crippen molar-refractivity contribution in [3.63, 3.8) is 0 Å². The van der Waals surface area contributed by atoms with Crippen LogP contribution < -0.4 is 5.32 Å². The normalized spacial score (nSPS) is 15.8. The van der Waals surface area contributed by atoms with E-state index in [0.29, 0.717) is 31.4 Å². The second kappa shape index (κ2) is 13.7. The summed E-state index contributed by atoms with van der Waals surface area (Å²) in [6, 6.07) is 16.3. The predicted molar refractivity (Wildman–Crippen MR) is 143 cm³/mol. The molecule has 1 aliphatic heterocycles. The number of nitrogens with zero attached hydrogens (tertiary/aromatic N) is 1. The molecular formula is C30H36N2O7. The third-order valence-electron chi connectivity index (χ3n) is 6.45. The van der Waals surface area contributed by atoms with Crippen LogP contribution in [0.1, 0.15) is 62.4 Å². The first-order chi connectivity index (χ1) is 18.6. The molecule has 208 valence electrons. The number of ketones is 1. The number of hydrogen-bond donors (Lipinski definition) is 1. The Morgan fingerprint density at radius 1 is 0.923 bits per heavy atom. The van der Waals surface area contributed by atoms with Gasteiger partial charge >= 0.3 is 11.9 Å². The van der Waals surface area contributed by atoms with Gasteiger partial charge in [0.1, 0.15) is 6.04 Å². The van der Waals surface area contributed by atoms with Crippen molar-refractivity contribution >= 4 is 29.5 Å². The van der Waals surface area contributed by atoms with E-state index < -0.39 is 36.2 Å². The van der Waals surface area contributed by atoms with Gasteiger partial charge < -0.3 is 19.7 Å². The van der Waals surface area contributed by atoms with Gasteiger partial charge in [0.25, 0.3) is 5.91 Å². The van der Waals surface area contributed by atoms with E-state index in [1.54, 1.807) is 51.1 Å². The molecule has 0 spiro atoms. The second-order valence-corrected chi connectivity index (χ2v) is 10.6. The summed E-state index contributed by atoms with van der Waals surface area (Å²) in [4.78, 5) is 64.8. The van der Waals surface area contributed by atoms with Crippen LogP contribution in [0.4, 0.5) is 0 Å². The molecule has 0 bridgehead atoms. The molecule has 9 nitrogen and oxygen atoms in total. The lowest BCUT2D eigenvalue weighted by molar-refractivity contribution is -0.176. The Bertz CT molecular complexity index is 1160. The molecule has 1 saturated heterocycles. The lowest BCUT2D eigenvalue weighted by atomic mass is 9.98. The van der Waals surface area contributed by atoms with Crippen LogP contribution in [-0.4, -0.2) is 59.9 Å². The quantitative estimate of drug-likeness (QED) is 0.345. The smallest absolute Gasteiger partial charge is 0.331 e. The van der Waals surface area contributed by atoms with E-state index in [1.807, 2.05) is 30.3 Å². The highest BCUT2D eigenvalue weighted by Crippen LogP contribution is 2.21. The van der Waals surface area contributed by atoms with Crippen LogP contribution in [0.5, 0.6) is 0 Å². The van der Waals surface area contributed by atoms with E-state index >= 15 is 0 Å². The molecule has 39 heavy (non-hydrogen) atoms. The highest BCUT2D eigenvalue weighted by molar-refractivity contribution is 5.98. The monoisotopic (exact) mass is 536 g/mol. The number of amides is 2. The highest BCUT2D eigenvalue weighted by Gasteiger charge is 2.36. The second-order valence-electron chi connectivity index (χ2n) is 10.6. The van der Waals surface area contributed by atoms with Crippen LogP contribution in [0.25, 0.3) is 0 Å². The van der Waals surface area contributed by atoms with Crippen molar-refractivity contribution in [3.05, 3.63) is 71.8 Å². The molecule has 3 rings (SSSR count). The minimum absolute atomic E-state index is 0.0904. The van der Waals surface area contributed by atoms with Gasteiger partial charge in [-0.05, 0) is 57.7 Å². The Labute approximate surface area is 228 Å². The summed E-state index contributed by atoms with van der Waals surface area (Å²) in [5, 5.41) is 2.82. The number of likely N-dealkylation sites (tertiary alicyclic amines) is 1. The maximum atomic E-state index is 13.2. The molecular weight excluding hydrogens is 500 g/mol. The summed E-state index contributed by atoms with van der Waals surface area (Å²) in [7, 11) is 0. The van der Waals surface area contributed by atoms with Gasteiger partial charge in [-0.1, -0.05) is 48.5 Å². The summed E-state index contributed by atoms with van der Waals surface area (Å²) in [6.45, 7) is 4.91. The number of carbonyl (C=O) groups is 5. The largest absolute Gasteiger partial charge is 0.427 e. The number of carbonyl (C=O) groups excluding carboxylic acids is 5. The van der Waals surface area contributed by atoms with Crippen molar-refractivity contribution in [3.8, 4) is 0 Å². The molecule has 1 N–H and O–H groups in total. The summed E-state index contributed by atoms with van der Waals surface area (Å²) in [5.74, 6) is -2.14. The summed E-state index contributed by atoms with van der Waals surface area (Å²) in [5.41, 5.74) is 0.587. The van der Waals surface area contributed by atoms with Crippen molar-refractivity contribution in [2.75, 3.05) is 13.3 Å². The van der Waals surface area contributed by atoms with E-state index in [4.69, 9.17) is 9.47 Å². The van der Waals surface area contributed by atoms with E-state index in [9.17, 15) is 24.0 Å². The third kappa shape index (κ3) is 8.77. The molecule has 2 aromatic rings. The topological polar surface area (TPSA) is 119 Å². The summed E-state index contributed by atoms with van der Waals surface area (Å²) in [6.07, 6.45) is 1.14. The molecule has 2 amide bonds. The minimum atomic E-state index is -0.815. The van der Waals surface area contributed by atoms with E-state index in [2.05, 4.69) is 5.32 Å². The Kier molecular flexibility index (Phi) is 10.4. The van der Waals surface area contributed by atoms with Crippen LogP contribution in [-0.2, 0) is 35.1 Å². The Balaban J connectivity index is 1.57. The molecule has 1 aliphatic rings. The standard InChI is InChI=1S/C30H36N2O7/c1-30(2,3)29(37)39-20-38-28(36)24-15-10-18-32(24)26(34)17-16-25(33)23(19-21-11-6-4-7-12-21)31-27(35)22-13-8-5-9-14-22/h4-9,11-14,23-24H,10,15-20H2,1-3H3,(H,31,35)/t23-,24+/m1/s1. The predicted octanol–water partition coefficient (Wildman–Crippen LogP) is 3.46. The lowest BCUT2D eigenvalue weighted by Gasteiger charge is -2.24. The van der Waals surface area contributed by atoms with Crippen LogP contribution in [0.2, 0.25) is 0 Å². The molecule has 0 aliphatic carbocycles. The fourth-order valence-corrected chi connectivity index (χ4v) is 4.24. The molecule has 0 unspecified atom stereocenters. The molecule has 2 aromatic carbocycles. The summed E-state index contributed by atoms with van der Waals surface area (Å²) >= 11 is 0. The van der Waals surface area contributed by atoms with Gasteiger partial charge in [0.15, 0.2) is 5.78 Å². The van der Waals surface area contributed by atoms with Crippen LogP contribution in [0.15, 0.2) is 60.7 Å². The third-order valence-corrected chi connectivity index (χ3v) is 6.45.